The molecule has 0 aliphatic heterocycles. The topological polar surface area (TPSA) is 68.4 Å². The number of carbonyl (C=O) groups is 1. The Kier molecular flexibility index (Phi) is 4.07. The number of nitrogens with zero attached hydrogens (tertiary/aromatic N) is 3. The standard InChI is InChI=1S/C15H17N3O3/c1-11(19)13-9-14(18(20)21)15(17(13)3)16(2)10-12-7-5-4-6-8-12/h4-9H,10H2,1-3H3. The van der Waals surface area contributed by atoms with Crippen LogP contribution >= 0.6 is 0 Å². The molecule has 0 fully saturated rings. The smallest absolute Gasteiger partial charge is 0.311 e. The number of hydrogen-bond acceptors (Lipinski definition) is 4. The quantitative estimate of drug-likeness (QED) is 0.482. The molecule has 6 nitrogen and oxygen atoms in total. The molecular weight excluding hydrogens is 270 g/mol. The van der Waals surface area contributed by atoms with Gasteiger partial charge in [0.2, 0.25) is 0 Å². The second-order valence-electron chi connectivity index (χ2n) is 4.95. The van der Waals surface area contributed by atoms with Crippen LogP contribution in [-0.4, -0.2) is 22.3 Å². The van der Waals surface area contributed by atoms with Crippen LogP contribution in [0.1, 0.15) is 23.0 Å². The first-order valence-corrected chi connectivity index (χ1v) is 6.52. The average Bonchev–Trinajstić information content (AvgIpc) is 2.78. The molecule has 2 rings (SSSR count). The van der Waals surface area contributed by atoms with E-state index in [1.54, 1.807) is 23.6 Å². The SMILES string of the molecule is CC(=O)c1cc([N+](=O)[O-])c(N(C)Cc2ccccc2)n1C. The summed E-state index contributed by atoms with van der Waals surface area (Å²) in [6.45, 7) is 1.93. The predicted octanol–water partition coefficient (Wildman–Crippen LogP) is 2.77. The van der Waals surface area contributed by atoms with Crippen LogP contribution in [0.4, 0.5) is 11.5 Å². The Morgan fingerprint density at radius 1 is 1.33 bits per heavy atom. The maximum atomic E-state index is 11.6. The van der Waals surface area contributed by atoms with Crippen molar-refractivity contribution in [1.29, 1.82) is 0 Å². The number of aromatic nitrogens is 1. The Hall–Kier alpha value is -2.63. The molecule has 0 amide bonds. The van der Waals surface area contributed by atoms with Crippen LogP contribution in [0.3, 0.4) is 0 Å². The van der Waals surface area contributed by atoms with E-state index in [0.717, 1.165) is 5.56 Å². The van der Waals surface area contributed by atoms with Crippen LogP contribution in [0.15, 0.2) is 36.4 Å². The van der Waals surface area contributed by atoms with Crippen LogP contribution in [0.2, 0.25) is 0 Å². The lowest BCUT2D eigenvalue weighted by molar-refractivity contribution is -0.384. The summed E-state index contributed by atoms with van der Waals surface area (Å²) in [5, 5.41) is 11.2. The first-order valence-electron chi connectivity index (χ1n) is 6.52. The van der Waals surface area contributed by atoms with Gasteiger partial charge in [-0.15, -0.1) is 0 Å². The zero-order valence-corrected chi connectivity index (χ0v) is 12.2. The van der Waals surface area contributed by atoms with Gasteiger partial charge in [-0.3, -0.25) is 14.9 Å². The van der Waals surface area contributed by atoms with Crippen molar-refractivity contribution in [3.63, 3.8) is 0 Å². The number of ketones is 1. The molecule has 21 heavy (non-hydrogen) atoms. The summed E-state index contributed by atoms with van der Waals surface area (Å²) in [5.74, 6) is 0.231. The maximum absolute atomic E-state index is 11.6. The fourth-order valence-corrected chi connectivity index (χ4v) is 2.43. The number of hydrogen-bond donors (Lipinski definition) is 0. The number of Topliss-reactive ketones (excluding diaryl/α,β-unsaturated/α-hetero) is 1. The van der Waals surface area contributed by atoms with Crippen molar-refractivity contribution in [2.75, 3.05) is 11.9 Å². The summed E-state index contributed by atoms with van der Waals surface area (Å²) in [4.78, 5) is 24.1. The largest absolute Gasteiger partial charge is 0.351 e. The second kappa shape index (κ2) is 5.78. The Balaban J connectivity index is 2.42. The van der Waals surface area contributed by atoms with E-state index in [9.17, 15) is 14.9 Å². The van der Waals surface area contributed by atoms with Gasteiger partial charge < -0.3 is 9.47 Å². The molecule has 110 valence electrons. The average molecular weight is 287 g/mol. The van der Waals surface area contributed by atoms with E-state index < -0.39 is 4.92 Å². The zero-order chi connectivity index (χ0) is 15.6. The van der Waals surface area contributed by atoms with E-state index in [1.807, 2.05) is 30.3 Å². The molecule has 1 aromatic carbocycles. The number of nitro groups is 1. The molecule has 1 aromatic heterocycles. The van der Waals surface area contributed by atoms with Gasteiger partial charge in [-0.1, -0.05) is 30.3 Å². The zero-order valence-electron chi connectivity index (χ0n) is 12.2. The van der Waals surface area contributed by atoms with Crippen molar-refractivity contribution < 1.29 is 9.72 Å². The molecule has 0 N–H and O–H groups in total. The Morgan fingerprint density at radius 3 is 2.48 bits per heavy atom. The van der Waals surface area contributed by atoms with Gasteiger partial charge in [0.25, 0.3) is 0 Å². The number of rotatable bonds is 5. The predicted molar refractivity (Wildman–Crippen MR) is 80.6 cm³/mol. The van der Waals surface area contributed by atoms with Crippen LogP contribution in [0, 0.1) is 10.1 Å². The third kappa shape index (κ3) is 2.94. The monoisotopic (exact) mass is 287 g/mol. The molecule has 0 unspecified atom stereocenters. The van der Waals surface area contributed by atoms with Crippen LogP contribution in [-0.2, 0) is 13.6 Å². The van der Waals surface area contributed by atoms with Crippen molar-refractivity contribution in [3.8, 4) is 0 Å². The fraction of sp³-hybridized carbons (Fsp3) is 0.267. The molecule has 0 radical (unpaired) electrons. The molecule has 6 heteroatoms. The van der Waals surface area contributed by atoms with Gasteiger partial charge in [0.1, 0.15) is 0 Å². The van der Waals surface area contributed by atoms with E-state index >= 15 is 0 Å². The van der Waals surface area contributed by atoms with Crippen molar-refractivity contribution in [3.05, 3.63) is 57.8 Å². The maximum Gasteiger partial charge on any atom is 0.311 e. The summed E-state index contributed by atoms with van der Waals surface area (Å²) in [5.41, 5.74) is 1.32. The normalized spacial score (nSPS) is 10.4. The van der Waals surface area contributed by atoms with Gasteiger partial charge in [-0.2, -0.15) is 0 Å². The van der Waals surface area contributed by atoms with Gasteiger partial charge in [0.15, 0.2) is 11.6 Å². The highest BCUT2D eigenvalue weighted by Crippen LogP contribution is 2.31. The van der Waals surface area contributed by atoms with E-state index in [4.69, 9.17) is 0 Å². The van der Waals surface area contributed by atoms with Crippen LogP contribution in [0.25, 0.3) is 0 Å². The van der Waals surface area contributed by atoms with E-state index in [-0.39, 0.29) is 11.5 Å². The minimum atomic E-state index is -0.455. The molecule has 1 heterocycles. The lowest BCUT2D eigenvalue weighted by Crippen LogP contribution is -2.20. The van der Waals surface area contributed by atoms with Crippen molar-refractivity contribution in [1.82, 2.24) is 4.57 Å². The molecule has 0 bridgehead atoms. The number of benzene rings is 1. The molecule has 0 saturated heterocycles. The van der Waals surface area contributed by atoms with E-state index in [1.165, 1.54) is 13.0 Å². The highest BCUT2D eigenvalue weighted by atomic mass is 16.6. The van der Waals surface area contributed by atoms with E-state index in [0.29, 0.717) is 18.1 Å². The molecular formula is C15H17N3O3. The van der Waals surface area contributed by atoms with Gasteiger partial charge in [0, 0.05) is 33.6 Å². The van der Waals surface area contributed by atoms with Gasteiger partial charge in [0.05, 0.1) is 10.6 Å². The van der Waals surface area contributed by atoms with Crippen molar-refractivity contribution >= 4 is 17.3 Å². The highest BCUT2D eigenvalue weighted by Gasteiger charge is 2.26. The summed E-state index contributed by atoms with van der Waals surface area (Å²) in [6.07, 6.45) is 0. The Bertz CT molecular complexity index is 677. The Morgan fingerprint density at radius 2 is 1.95 bits per heavy atom. The second-order valence-corrected chi connectivity index (χ2v) is 4.95. The third-order valence-corrected chi connectivity index (χ3v) is 3.36. The minimum absolute atomic E-state index is 0.0545. The highest BCUT2D eigenvalue weighted by molar-refractivity contribution is 5.95. The molecule has 2 aromatic rings. The first-order chi connectivity index (χ1) is 9.91. The van der Waals surface area contributed by atoms with Crippen LogP contribution in [0.5, 0.6) is 0 Å². The lowest BCUT2D eigenvalue weighted by Gasteiger charge is -2.19. The number of anilines is 1. The minimum Gasteiger partial charge on any atom is -0.351 e. The molecule has 0 aliphatic carbocycles. The molecule has 0 saturated carbocycles. The van der Waals surface area contributed by atoms with Gasteiger partial charge in [-0.25, -0.2) is 0 Å². The van der Waals surface area contributed by atoms with Gasteiger partial charge >= 0.3 is 5.69 Å². The fourth-order valence-electron chi connectivity index (χ4n) is 2.43. The summed E-state index contributed by atoms with van der Waals surface area (Å²) in [7, 11) is 3.44. The van der Waals surface area contributed by atoms with Crippen LogP contribution < -0.4 is 4.90 Å². The van der Waals surface area contributed by atoms with Crippen molar-refractivity contribution in [2.24, 2.45) is 7.05 Å². The first kappa shape index (κ1) is 14.8. The summed E-state index contributed by atoms with van der Waals surface area (Å²) >= 11 is 0. The Labute approximate surface area is 122 Å². The third-order valence-electron chi connectivity index (χ3n) is 3.36. The molecule has 0 atom stereocenters. The number of carbonyl (C=O) groups excluding carboxylic acids is 1. The van der Waals surface area contributed by atoms with Crippen molar-refractivity contribution in [2.45, 2.75) is 13.5 Å². The van der Waals surface area contributed by atoms with Gasteiger partial charge in [-0.05, 0) is 5.56 Å². The lowest BCUT2D eigenvalue weighted by atomic mass is 10.2. The summed E-state index contributed by atoms with van der Waals surface area (Å²) in [6, 6.07) is 11.0. The molecule has 0 spiro atoms. The van der Waals surface area contributed by atoms with E-state index in [2.05, 4.69) is 0 Å². The molecule has 0 aliphatic rings. The summed E-state index contributed by atoms with van der Waals surface area (Å²) < 4.78 is 1.57.